The van der Waals surface area contributed by atoms with Crippen molar-refractivity contribution in [3.63, 3.8) is 0 Å². The molecule has 0 bridgehead atoms. The van der Waals surface area contributed by atoms with Crippen LogP contribution in [-0.2, 0) is 11.3 Å². The van der Waals surface area contributed by atoms with Gasteiger partial charge in [0.15, 0.2) is 11.0 Å². The van der Waals surface area contributed by atoms with Crippen molar-refractivity contribution in [2.45, 2.75) is 23.9 Å². The number of benzene rings is 3. The van der Waals surface area contributed by atoms with Gasteiger partial charge in [-0.25, -0.2) is 5.43 Å². The average molecular weight is 627 g/mol. The first-order chi connectivity index (χ1) is 17.9. The van der Waals surface area contributed by atoms with Gasteiger partial charge >= 0.3 is 0 Å². The number of anilines is 1. The number of non-ortho nitro benzene ring substituents is 1. The van der Waals surface area contributed by atoms with Gasteiger partial charge in [-0.3, -0.25) is 19.5 Å². The zero-order chi connectivity index (χ0) is 26.2. The fourth-order valence-electron chi connectivity index (χ4n) is 3.27. The number of para-hydroxylation sites is 1. The monoisotopic (exact) mass is 627 g/mol. The predicted molar refractivity (Wildman–Crippen MR) is 152 cm³/mol. The third-order valence-electron chi connectivity index (χ3n) is 5.13. The zero-order valence-corrected chi connectivity index (χ0v) is 22.6. The maximum atomic E-state index is 12.7. The number of hydrogen-bond donors (Lipinski definition) is 2. The van der Waals surface area contributed by atoms with Crippen LogP contribution in [0, 0.1) is 13.7 Å². The predicted octanol–water partition coefficient (Wildman–Crippen LogP) is 5.02. The minimum Gasteiger partial charge on any atom is -0.378 e. The molecule has 2 N–H and O–H groups in total. The summed E-state index contributed by atoms with van der Waals surface area (Å²) >= 11 is 3.52. The van der Waals surface area contributed by atoms with Gasteiger partial charge in [0.05, 0.1) is 22.9 Å². The standard InChI is InChI=1S/C25H22IN7O3S/c1-17(24(34)30-28-15-18-6-5-9-22(14-18)33(35)36)37-25-31-29-23(32(25)21-7-3-2-4-8-21)16-27-20-12-10-19(26)11-13-20/h2-15,17,27H,16H2,1H3,(H,30,34)/b28-15+. The topological polar surface area (TPSA) is 127 Å². The molecule has 0 aliphatic carbocycles. The molecular formula is C25H22IN7O3S. The minimum absolute atomic E-state index is 0.0493. The summed E-state index contributed by atoms with van der Waals surface area (Å²) in [6.07, 6.45) is 1.36. The molecule has 0 aliphatic rings. The lowest BCUT2D eigenvalue weighted by Crippen LogP contribution is -2.27. The lowest BCUT2D eigenvalue weighted by atomic mass is 10.2. The molecule has 3 aromatic carbocycles. The van der Waals surface area contributed by atoms with Gasteiger partial charge < -0.3 is 5.32 Å². The molecule has 0 saturated heterocycles. The van der Waals surface area contributed by atoms with E-state index in [4.69, 9.17) is 0 Å². The number of carbonyl (C=O) groups is 1. The Balaban J connectivity index is 1.45. The van der Waals surface area contributed by atoms with Crippen molar-refractivity contribution >= 4 is 57.8 Å². The van der Waals surface area contributed by atoms with Crippen molar-refractivity contribution in [2.75, 3.05) is 5.32 Å². The van der Waals surface area contributed by atoms with E-state index in [2.05, 4.69) is 48.6 Å². The fourth-order valence-corrected chi connectivity index (χ4v) is 4.51. The minimum atomic E-state index is -0.536. The van der Waals surface area contributed by atoms with Crippen LogP contribution in [0.3, 0.4) is 0 Å². The molecule has 10 nitrogen and oxygen atoms in total. The summed E-state index contributed by atoms with van der Waals surface area (Å²) in [6, 6.07) is 23.7. The number of nitro groups is 1. The molecule has 1 heterocycles. The lowest BCUT2D eigenvalue weighted by Gasteiger charge is -2.13. The summed E-state index contributed by atoms with van der Waals surface area (Å²) < 4.78 is 3.07. The van der Waals surface area contributed by atoms with Crippen LogP contribution < -0.4 is 10.7 Å². The SMILES string of the molecule is CC(Sc1nnc(CNc2ccc(I)cc2)n1-c1ccccc1)C(=O)N/N=C/c1cccc([N+](=O)[O-])c1. The molecule has 0 radical (unpaired) electrons. The molecule has 1 amide bonds. The number of amides is 1. The van der Waals surface area contributed by atoms with Crippen molar-refractivity contribution in [3.8, 4) is 5.69 Å². The van der Waals surface area contributed by atoms with Gasteiger partial charge in [0.25, 0.3) is 11.6 Å². The number of aromatic nitrogens is 3. The molecule has 4 rings (SSSR count). The molecule has 1 unspecified atom stereocenters. The van der Waals surface area contributed by atoms with Crippen molar-refractivity contribution in [1.29, 1.82) is 0 Å². The van der Waals surface area contributed by atoms with E-state index >= 15 is 0 Å². The molecule has 188 valence electrons. The van der Waals surface area contributed by atoms with Crippen LogP contribution in [0.1, 0.15) is 18.3 Å². The van der Waals surface area contributed by atoms with Gasteiger partial charge in [0.1, 0.15) is 0 Å². The molecular weight excluding hydrogens is 605 g/mol. The first-order valence-electron chi connectivity index (χ1n) is 11.1. The lowest BCUT2D eigenvalue weighted by molar-refractivity contribution is -0.384. The van der Waals surface area contributed by atoms with E-state index in [1.807, 2.05) is 59.2 Å². The summed E-state index contributed by atoms with van der Waals surface area (Å²) in [4.78, 5) is 23.1. The van der Waals surface area contributed by atoms with Gasteiger partial charge in [0.2, 0.25) is 0 Å². The van der Waals surface area contributed by atoms with Crippen molar-refractivity contribution in [2.24, 2.45) is 5.10 Å². The van der Waals surface area contributed by atoms with Crippen LogP contribution in [0.15, 0.2) is 89.1 Å². The Hall–Kier alpha value is -3.78. The van der Waals surface area contributed by atoms with E-state index < -0.39 is 10.2 Å². The van der Waals surface area contributed by atoms with E-state index in [1.165, 1.54) is 30.1 Å². The Morgan fingerprint density at radius 1 is 1.14 bits per heavy atom. The first-order valence-corrected chi connectivity index (χ1v) is 13.1. The molecule has 4 aromatic rings. The molecule has 0 saturated carbocycles. The van der Waals surface area contributed by atoms with E-state index in [9.17, 15) is 14.9 Å². The van der Waals surface area contributed by atoms with Crippen LogP contribution in [0.5, 0.6) is 0 Å². The highest BCUT2D eigenvalue weighted by atomic mass is 127. The van der Waals surface area contributed by atoms with E-state index in [1.54, 1.807) is 19.1 Å². The highest BCUT2D eigenvalue weighted by molar-refractivity contribution is 14.1. The van der Waals surface area contributed by atoms with E-state index in [-0.39, 0.29) is 11.6 Å². The first kappa shape index (κ1) is 26.3. The second kappa shape index (κ2) is 12.5. The molecule has 0 fully saturated rings. The van der Waals surface area contributed by atoms with Crippen molar-refractivity contribution < 1.29 is 9.72 Å². The van der Waals surface area contributed by atoms with Crippen LogP contribution in [0.25, 0.3) is 5.69 Å². The van der Waals surface area contributed by atoms with Gasteiger partial charge in [-0.05, 0) is 65.9 Å². The molecule has 1 atom stereocenters. The Morgan fingerprint density at radius 2 is 1.89 bits per heavy atom. The van der Waals surface area contributed by atoms with Crippen molar-refractivity contribution in [1.82, 2.24) is 20.2 Å². The van der Waals surface area contributed by atoms with Crippen LogP contribution in [0.2, 0.25) is 0 Å². The summed E-state index contributed by atoms with van der Waals surface area (Å²) in [5.41, 5.74) is 4.79. The van der Waals surface area contributed by atoms with Gasteiger partial charge in [-0.1, -0.05) is 42.1 Å². The number of hydrogen-bond acceptors (Lipinski definition) is 8. The largest absolute Gasteiger partial charge is 0.378 e. The zero-order valence-electron chi connectivity index (χ0n) is 19.6. The Kier molecular flexibility index (Phi) is 8.85. The third-order valence-corrected chi connectivity index (χ3v) is 6.89. The Labute approximate surface area is 230 Å². The number of rotatable bonds is 10. The average Bonchev–Trinajstić information content (AvgIpc) is 3.31. The number of nitro benzene ring substituents is 1. The molecule has 0 aliphatic heterocycles. The van der Waals surface area contributed by atoms with E-state index in [0.29, 0.717) is 23.1 Å². The smallest absolute Gasteiger partial charge is 0.270 e. The second-order valence-corrected chi connectivity index (χ2v) is 10.3. The third kappa shape index (κ3) is 7.13. The number of halogens is 1. The molecule has 1 aromatic heterocycles. The summed E-state index contributed by atoms with van der Waals surface area (Å²) in [5.74, 6) is 0.358. The number of nitrogens with one attached hydrogen (secondary N) is 2. The van der Waals surface area contributed by atoms with Crippen molar-refractivity contribution in [3.05, 3.63) is 104 Å². The normalized spacial score (nSPS) is 11.8. The summed E-state index contributed by atoms with van der Waals surface area (Å²) in [6.45, 7) is 2.19. The number of nitrogens with zero attached hydrogens (tertiary/aromatic N) is 5. The maximum absolute atomic E-state index is 12.7. The van der Waals surface area contributed by atoms with Gasteiger partial charge in [-0.15, -0.1) is 10.2 Å². The number of hydrazone groups is 1. The summed E-state index contributed by atoms with van der Waals surface area (Å²) in [5, 5.41) is 27.0. The number of carbonyl (C=O) groups excluding carboxylic acids is 1. The van der Waals surface area contributed by atoms with Crippen LogP contribution in [-0.4, -0.2) is 37.1 Å². The quantitative estimate of drug-likeness (QED) is 0.0831. The van der Waals surface area contributed by atoms with Crippen LogP contribution >= 0.6 is 34.4 Å². The van der Waals surface area contributed by atoms with E-state index in [0.717, 1.165) is 14.9 Å². The highest BCUT2D eigenvalue weighted by Crippen LogP contribution is 2.26. The second-order valence-electron chi connectivity index (χ2n) is 7.78. The molecule has 0 spiro atoms. The maximum Gasteiger partial charge on any atom is 0.270 e. The highest BCUT2D eigenvalue weighted by Gasteiger charge is 2.21. The number of thioether (sulfide) groups is 1. The van der Waals surface area contributed by atoms with Crippen LogP contribution in [0.4, 0.5) is 11.4 Å². The molecule has 12 heteroatoms. The Bertz CT molecular complexity index is 1410. The van der Waals surface area contributed by atoms with Gasteiger partial charge in [0, 0.05) is 32.6 Å². The molecule has 37 heavy (non-hydrogen) atoms. The summed E-state index contributed by atoms with van der Waals surface area (Å²) in [7, 11) is 0. The fraction of sp³-hybridized carbons (Fsp3) is 0.120. The van der Waals surface area contributed by atoms with Gasteiger partial charge in [-0.2, -0.15) is 5.10 Å². The Morgan fingerprint density at radius 3 is 2.62 bits per heavy atom.